The van der Waals surface area contributed by atoms with Crippen molar-refractivity contribution in [3.63, 3.8) is 0 Å². The number of carbonyl (C=O) groups is 1. The Balaban J connectivity index is 1.94. The molecule has 0 saturated carbocycles. The summed E-state index contributed by atoms with van der Waals surface area (Å²) in [5, 5.41) is 7.00. The van der Waals surface area contributed by atoms with E-state index in [9.17, 15) is 4.79 Å². The summed E-state index contributed by atoms with van der Waals surface area (Å²) in [6.07, 6.45) is 1.86. The van der Waals surface area contributed by atoms with Gasteiger partial charge in [-0.15, -0.1) is 0 Å². The first-order valence-corrected chi connectivity index (χ1v) is 7.38. The smallest absolute Gasteiger partial charge is 0.222 e. The maximum Gasteiger partial charge on any atom is 0.222 e. The normalized spacial score (nSPS) is 19.7. The fraction of sp³-hybridized carbons (Fsp3) is 0.615. The van der Waals surface area contributed by atoms with Crippen LogP contribution in [0.25, 0.3) is 0 Å². The van der Waals surface area contributed by atoms with Gasteiger partial charge in [0.2, 0.25) is 5.91 Å². The number of carbonyl (C=O) groups excluding carboxylic acids is 1. The second-order valence-electron chi connectivity index (χ2n) is 4.73. The molecule has 5 heteroatoms. The monoisotopic (exact) mass is 267 g/mol. The van der Waals surface area contributed by atoms with Crippen molar-refractivity contribution in [3.05, 3.63) is 22.4 Å². The molecule has 1 aliphatic rings. The first kappa shape index (κ1) is 13.5. The minimum absolute atomic E-state index is 0.173. The quantitative estimate of drug-likeness (QED) is 0.862. The molecular formula is C13H21N3OS. The number of hydrogen-bond acceptors (Lipinski definition) is 4. The standard InChI is InChI=1S/C13H21N3OS/c1-15-13(17)10-2-5-16(6-3-10)12(8-14)11-4-7-18-9-11/h4,7,9-10,12H,2-3,5-6,8,14H2,1H3,(H,15,17). The summed E-state index contributed by atoms with van der Waals surface area (Å²) in [7, 11) is 1.71. The van der Waals surface area contributed by atoms with Crippen LogP contribution in [0.1, 0.15) is 24.4 Å². The van der Waals surface area contributed by atoms with Crippen LogP contribution in [0.3, 0.4) is 0 Å². The van der Waals surface area contributed by atoms with Crippen molar-refractivity contribution in [2.24, 2.45) is 11.7 Å². The number of nitrogens with two attached hydrogens (primary N) is 1. The molecule has 0 spiro atoms. The van der Waals surface area contributed by atoms with E-state index in [1.54, 1.807) is 18.4 Å². The van der Waals surface area contributed by atoms with Crippen LogP contribution in [0.15, 0.2) is 16.8 Å². The minimum atomic E-state index is 0.173. The van der Waals surface area contributed by atoms with Gasteiger partial charge in [-0.05, 0) is 48.3 Å². The van der Waals surface area contributed by atoms with E-state index in [-0.39, 0.29) is 11.8 Å². The second kappa shape index (κ2) is 6.31. The van der Waals surface area contributed by atoms with Crippen LogP contribution in [-0.4, -0.2) is 37.5 Å². The molecule has 1 amide bonds. The Hall–Kier alpha value is -0.910. The van der Waals surface area contributed by atoms with E-state index in [1.807, 2.05) is 0 Å². The summed E-state index contributed by atoms with van der Waals surface area (Å²) < 4.78 is 0. The Bertz CT molecular complexity index is 372. The van der Waals surface area contributed by atoms with Gasteiger partial charge in [0.1, 0.15) is 0 Å². The third-order valence-electron chi connectivity index (χ3n) is 3.74. The zero-order chi connectivity index (χ0) is 13.0. The van der Waals surface area contributed by atoms with Gasteiger partial charge in [0.25, 0.3) is 0 Å². The van der Waals surface area contributed by atoms with E-state index in [0.717, 1.165) is 25.9 Å². The van der Waals surface area contributed by atoms with Crippen molar-refractivity contribution in [1.29, 1.82) is 0 Å². The number of rotatable bonds is 4. The summed E-state index contributed by atoms with van der Waals surface area (Å²) in [5.41, 5.74) is 7.21. The first-order chi connectivity index (χ1) is 8.76. The van der Waals surface area contributed by atoms with Gasteiger partial charge >= 0.3 is 0 Å². The van der Waals surface area contributed by atoms with Gasteiger partial charge in [-0.1, -0.05) is 0 Å². The van der Waals surface area contributed by atoms with Crippen molar-refractivity contribution < 1.29 is 4.79 Å². The highest BCUT2D eigenvalue weighted by Gasteiger charge is 2.28. The molecule has 0 bridgehead atoms. The van der Waals surface area contributed by atoms with Crippen molar-refractivity contribution >= 4 is 17.2 Å². The lowest BCUT2D eigenvalue weighted by molar-refractivity contribution is -0.126. The van der Waals surface area contributed by atoms with Crippen molar-refractivity contribution in [2.45, 2.75) is 18.9 Å². The topological polar surface area (TPSA) is 58.4 Å². The van der Waals surface area contributed by atoms with E-state index in [1.165, 1.54) is 5.56 Å². The summed E-state index contributed by atoms with van der Waals surface area (Å²) >= 11 is 1.71. The van der Waals surface area contributed by atoms with E-state index in [4.69, 9.17) is 5.73 Å². The van der Waals surface area contributed by atoms with Crippen LogP contribution >= 0.6 is 11.3 Å². The molecule has 4 nitrogen and oxygen atoms in total. The van der Waals surface area contributed by atoms with Crippen LogP contribution in [0.5, 0.6) is 0 Å². The Morgan fingerprint density at radius 2 is 2.33 bits per heavy atom. The number of likely N-dealkylation sites (tertiary alicyclic amines) is 1. The molecule has 1 aliphatic heterocycles. The van der Waals surface area contributed by atoms with Crippen LogP contribution in [0.4, 0.5) is 0 Å². The summed E-state index contributed by atoms with van der Waals surface area (Å²) in [6, 6.07) is 2.45. The van der Waals surface area contributed by atoms with Gasteiger partial charge in [-0.3, -0.25) is 9.69 Å². The maximum atomic E-state index is 11.6. The minimum Gasteiger partial charge on any atom is -0.359 e. The predicted molar refractivity (Wildman–Crippen MR) is 74.5 cm³/mol. The molecular weight excluding hydrogens is 246 g/mol. The third kappa shape index (κ3) is 2.91. The number of nitrogens with zero attached hydrogens (tertiary/aromatic N) is 1. The molecule has 3 N–H and O–H groups in total. The van der Waals surface area contributed by atoms with Gasteiger partial charge < -0.3 is 11.1 Å². The van der Waals surface area contributed by atoms with Crippen molar-refractivity contribution in [1.82, 2.24) is 10.2 Å². The lowest BCUT2D eigenvalue weighted by Crippen LogP contribution is -2.43. The van der Waals surface area contributed by atoms with E-state index < -0.39 is 0 Å². The SMILES string of the molecule is CNC(=O)C1CCN(C(CN)c2ccsc2)CC1. The highest BCUT2D eigenvalue weighted by Crippen LogP contribution is 2.27. The van der Waals surface area contributed by atoms with Crippen LogP contribution in [-0.2, 0) is 4.79 Å². The van der Waals surface area contributed by atoms with Gasteiger partial charge in [0, 0.05) is 25.6 Å². The van der Waals surface area contributed by atoms with Gasteiger partial charge in [0.05, 0.1) is 0 Å². The zero-order valence-electron chi connectivity index (χ0n) is 10.8. The van der Waals surface area contributed by atoms with Gasteiger partial charge in [0.15, 0.2) is 0 Å². The molecule has 0 aliphatic carbocycles. The van der Waals surface area contributed by atoms with Gasteiger partial charge in [-0.2, -0.15) is 11.3 Å². The summed E-state index contributed by atoms with van der Waals surface area (Å²) in [6.45, 7) is 2.55. The molecule has 1 atom stereocenters. The highest BCUT2D eigenvalue weighted by atomic mass is 32.1. The first-order valence-electron chi connectivity index (χ1n) is 6.44. The Labute approximate surface area is 112 Å². The second-order valence-corrected chi connectivity index (χ2v) is 5.51. The molecule has 1 fully saturated rings. The molecule has 1 aromatic rings. The van der Waals surface area contributed by atoms with Crippen molar-refractivity contribution in [3.8, 4) is 0 Å². The Kier molecular flexibility index (Phi) is 4.74. The average molecular weight is 267 g/mol. The number of hydrogen-bond donors (Lipinski definition) is 2. The number of piperidine rings is 1. The zero-order valence-corrected chi connectivity index (χ0v) is 11.6. The molecule has 0 aromatic carbocycles. The van der Waals surface area contributed by atoms with E-state index in [2.05, 4.69) is 27.0 Å². The number of thiophene rings is 1. The van der Waals surface area contributed by atoms with E-state index >= 15 is 0 Å². The third-order valence-corrected chi connectivity index (χ3v) is 4.44. The lowest BCUT2D eigenvalue weighted by atomic mass is 9.94. The lowest BCUT2D eigenvalue weighted by Gasteiger charge is -2.36. The molecule has 1 saturated heterocycles. The molecule has 18 heavy (non-hydrogen) atoms. The summed E-state index contributed by atoms with van der Waals surface area (Å²) in [5.74, 6) is 0.349. The molecule has 2 heterocycles. The van der Waals surface area contributed by atoms with Crippen molar-refractivity contribution in [2.75, 3.05) is 26.7 Å². The Morgan fingerprint density at radius 3 is 2.83 bits per heavy atom. The van der Waals surface area contributed by atoms with Crippen LogP contribution < -0.4 is 11.1 Å². The molecule has 2 rings (SSSR count). The molecule has 100 valence electrons. The van der Waals surface area contributed by atoms with Crippen LogP contribution in [0, 0.1) is 5.92 Å². The highest BCUT2D eigenvalue weighted by molar-refractivity contribution is 7.07. The predicted octanol–water partition coefficient (Wildman–Crippen LogP) is 1.21. The molecule has 1 aromatic heterocycles. The molecule has 0 radical (unpaired) electrons. The number of nitrogens with one attached hydrogen (secondary N) is 1. The number of amides is 1. The van der Waals surface area contributed by atoms with Gasteiger partial charge in [-0.25, -0.2) is 0 Å². The van der Waals surface area contributed by atoms with Crippen LogP contribution in [0.2, 0.25) is 0 Å². The fourth-order valence-corrected chi connectivity index (χ4v) is 3.35. The largest absolute Gasteiger partial charge is 0.359 e. The summed E-state index contributed by atoms with van der Waals surface area (Å²) in [4.78, 5) is 14.0. The van der Waals surface area contributed by atoms with E-state index in [0.29, 0.717) is 12.6 Å². The Morgan fingerprint density at radius 1 is 1.61 bits per heavy atom. The molecule has 1 unspecified atom stereocenters. The maximum absolute atomic E-state index is 11.6. The average Bonchev–Trinajstić information content (AvgIpc) is 2.93. The fourth-order valence-electron chi connectivity index (χ4n) is 2.64.